The summed E-state index contributed by atoms with van der Waals surface area (Å²) >= 11 is 0. The zero-order chi connectivity index (χ0) is 22.0. The minimum atomic E-state index is -0.468. The summed E-state index contributed by atoms with van der Waals surface area (Å²) in [6.07, 6.45) is 4.89. The Morgan fingerprint density at radius 2 is 1.90 bits per heavy atom. The predicted molar refractivity (Wildman–Crippen MR) is 121 cm³/mol. The third-order valence-corrected chi connectivity index (χ3v) is 5.31. The zero-order valence-electron chi connectivity index (χ0n) is 17.0. The Morgan fingerprint density at radius 3 is 2.61 bits per heavy atom. The summed E-state index contributed by atoms with van der Waals surface area (Å²) in [6.45, 7) is 2.76. The molecule has 0 saturated heterocycles. The van der Waals surface area contributed by atoms with Gasteiger partial charge in [0.15, 0.2) is 0 Å². The first-order valence-corrected chi connectivity index (χ1v) is 10.1. The van der Waals surface area contributed by atoms with Gasteiger partial charge < -0.3 is 10.2 Å². The zero-order valence-corrected chi connectivity index (χ0v) is 17.0. The lowest BCUT2D eigenvalue weighted by molar-refractivity contribution is -0.384. The average molecular weight is 415 g/mol. The highest BCUT2D eigenvalue weighted by Crippen LogP contribution is 2.40. The third-order valence-electron chi connectivity index (χ3n) is 5.31. The maximum atomic E-state index is 12.8. The van der Waals surface area contributed by atoms with Crippen LogP contribution in [0.3, 0.4) is 0 Å². The first kappa shape index (κ1) is 20.3. The number of anilines is 2. The van der Waals surface area contributed by atoms with Crippen LogP contribution in [0, 0.1) is 10.1 Å². The predicted octanol–water partition coefficient (Wildman–Crippen LogP) is 5.16. The Bertz CT molecular complexity index is 1220. The summed E-state index contributed by atoms with van der Waals surface area (Å²) < 4.78 is 0. The quantitative estimate of drug-likeness (QED) is 0.328. The van der Waals surface area contributed by atoms with Crippen LogP contribution in [0.5, 0.6) is 0 Å². The molecule has 156 valence electrons. The van der Waals surface area contributed by atoms with E-state index in [1.54, 1.807) is 23.1 Å². The van der Waals surface area contributed by atoms with Crippen LogP contribution in [-0.4, -0.2) is 23.3 Å². The average Bonchev–Trinajstić information content (AvgIpc) is 3.05. The standard InChI is InChI=1S/C24H21N3O4/c1-2-3-15-26-21-13-12-20(18-5-4-6-19(23(18)21)24(26)29)25-22(28)14-9-16-7-10-17(11-8-16)27(30)31/h4-14H,2-3,15H2,1H3,(H,25,28)/b14-9+. The Labute approximate surface area is 179 Å². The SMILES string of the molecule is CCCCN1C(=O)c2cccc3c(NC(=O)/C=C/c4ccc([N+](=O)[O-])cc4)ccc1c23. The highest BCUT2D eigenvalue weighted by atomic mass is 16.6. The Balaban J connectivity index is 1.57. The van der Waals surface area contributed by atoms with E-state index < -0.39 is 4.92 Å². The second-order valence-corrected chi connectivity index (χ2v) is 7.34. The van der Waals surface area contributed by atoms with Crippen molar-refractivity contribution in [3.63, 3.8) is 0 Å². The maximum Gasteiger partial charge on any atom is 0.269 e. The fraction of sp³-hybridized carbons (Fsp3) is 0.167. The minimum Gasteiger partial charge on any atom is -0.322 e. The van der Waals surface area contributed by atoms with Crippen LogP contribution in [0.15, 0.2) is 60.7 Å². The number of nitrogens with zero attached hydrogens (tertiary/aromatic N) is 2. The molecule has 0 aliphatic carbocycles. The molecular formula is C24H21N3O4. The van der Waals surface area contributed by atoms with Crippen molar-refractivity contribution in [2.75, 3.05) is 16.8 Å². The van der Waals surface area contributed by atoms with Crippen LogP contribution in [0.25, 0.3) is 16.8 Å². The molecule has 0 spiro atoms. The molecule has 3 aromatic rings. The number of hydrogen-bond acceptors (Lipinski definition) is 4. The first-order chi connectivity index (χ1) is 15.0. The number of nitrogens with one attached hydrogen (secondary N) is 1. The Hall–Kier alpha value is -4.00. The number of rotatable bonds is 7. The number of nitro benzene ring substituents is 1. The molecule has 1 heterocycles. The van der Waals surface area contributed by atoms with Crippen LogP contribution in [0.1, 0.15) is 35.7 Å². The number of benzene rings is 3. The Kier molecular flexibility index (Phi) is 5.49. The van der Waals surface area contributed by atoms with Gasteiger partial charge >= 0.3 is 0 Å². The largest absolute Gasteiger partial charge is 0.322 e. The number of carbonyl (C=O) groups is 2. The van der Waals surface area contributed by atoms with Crippen molar-refractivity contribution in [1.29, 1.82) is 0 Å². The molecule has 1 N–H and O–H groups in total. The molecule has 0 radical (unpaired) electrons. The molecule has 1 aliphatic rings. The molecular weight excluding hydrogens is 394 g/mol. The topological polar surface area (TPSA) is 92.6 Å². The van der Waals surface area contributed by atoms with Gasteiger partial charge in [-0.25, -0.2) is 0 Å². The molecule has 0 fully saturated rings. The van der Waals surface area contributed by atoms with Crippen molar-refractivity contribution in [1.82, 2.24) is 0 Å². The molecule has 4 rings (SSSR count). The molecule has 2 amide bonds. The first-order valence-electron chi connectivity index (χ1n) is 10.1. The van der Waals surface area contributed by atoms with Crippen molar-refractivity contribution >= 4 is 45.7 Å². The lowest BCUT2D eigenvalue weighted by Gasteiger charge is -2.17. The van der Waals surface area contributed by atoms with Crippen molar-refractivity contribution in [2.24, 2.45) is 0 Å². The van der Waals surface area contributed by atoms with Crippen molar-refractivity contribution in [3.8, 4) is 0 Å². The van der Waals surface area contributed by atoms with Gasteiger partial charge in [-0.15, -0.1) is 0 Å². The Morgan fingerprint density at radius 1 is 1.13 bits per heavy atom. The second-order valence-electron chi connectivity index (χ2n) is 7.34. The van der Waals surface area contributed by atoms with Crippen LogP contribution in [0.4, 0.5) is 17.1 Å². The van der Waals surface area contributed by atoms with Crippen LogP contribution in [-0.2, 0) is 4.79 Å². The van der Waals surface area contributed by atoms with E-state index in [1.807, 2.05) is 30.3 Å². The van der Waals surface area contributed by atoms with Gasteiger partial charge in [-0.05, 0) is 48.4 Å². The maximum absolute atomic E-state index is 12.8. The summed E-state index contributed by atoms with van der Waals surface area (Å²) in [6, 6.07) is 15.2. The fourth-order valence-electron chi connectivity index (χ4n) is 3.75. The summed E-state index contributed by atoms with van der Waals surface area (Å²) in [5.41, 5.74) is 2.84. The highest BCUT2D eigenvalue weighted by Gasteiger charge is 2.29. The van der Waals surface area contributed by atoms with Gasteiger partial charge in [0.25, 0.3) is 11.6 Å². The van der Waals surface area contributed by atoms with Crippen molar-refractivity contribution < 1.29 is 14.5 Å². The van der Waals surface area contributed by atoms with E-state index in [4.69, 9.17) is 0 Å². The number of amides is 2. The summed E-state index contributed by atoms with van der Waals surface area (Å²) in [5, 5.41) is 15.3. The number of nitro groups is 1. The molecule has 0 unspecified atom stereocenters. The molecule has 7 heteroatoms. The molecule has 1 aliphatic heterocycles. The lowest BCUT2D eigenvalue weighted by Crippen LogP contribution is -2.27. The minimum absolute atomic E-state index is 0.00276. The van der Waals surface area contributed by atoms with Gasteiger partial charge in [-0.1, -0.05) is 25.5 Å². The van der Waals surface area contributed by atoms with Gasteiger partial charge in [0, 0.05) is 46.8 Å². The van der Waals surface area contributed by atoms with Crippen molar-refractivity contribution in [2.45, 2.75) is 19.8 Å². The van der Waals surface area contributed by atoms with Gasteiger partial charge in [0.2, 0.25) is 5.91 Å². The van der Waals surface area contributed by atoms with E-state index in [1.165, 1.54) is 18.2 Å². The van der Waals surface area contributed by atoms with Gasteiger partial charge in [0.1, 0.15) is 0 Å². The van der Waals surface area contributed by atoms with Gasteiger partial charge in [0.05, 0.1) is 10.6 Å². The molecule has 7 nitrogen and oxygen atoms in total. The lowest BCUT2D eigenvalue weighted by atomic mass is 10.0. The molecule has 0 atom stereocenters. The number of unbranched alkanes of at least 4 members (excludes halogenated alkanes) is 1. The molecule has 0 aromatic heterocycles. The van der Waals surface area contributed by atoms with E-state index in [0.29, 0.717) is 23.4 Å². The van der Waals surface area contributed by atoms with E-state index in [9.17, 15) is 19.7 Å². The van der Waals surface area contributed by atoms with Gasteiger partial charge in [-0.3, -0.25) is 19.7 Å². The summed E-state index contributed by atoms with van der Waals surface area (Å²) in [5.74, 6) is -0.332. The van der Waals surface area contributed by atoms with E-state index >= 15 is 0 Å². The van der Waals surface area contributed by atoms with Gasteiger partial charge in [-0.2, -0.15) is 0 Å². The number of non-ortho nitro benzene ring substituents is 1. The smallest absolute Gasteiger partial charge is 0.269 e. The molecule has 0 saturated carbocycles. The van der Waals surface area contributed by atoms with Crippen LogP contribution < -0.4 is 10.2 Å². The summed E-state index contributed by atoms with van der Waals surface area (Å²) in [4.78, 5) is 37.4. The molecule has 0 bridgehead atoms. The van der Waals surface area contributed by atoms with E-state index in [0.717, 1.165) is 29.3 Å². The molecule has 3 aromatic carbocycles. The van der Waals surface area contributed by atoms with Crippen LogP contribution >= 0.6 is 0 Å². The highest BCUT2D eigenvalue weighted by molar-refractivity contribution is 6.27. The third kappa shape index (κ3) is 3.90. The van der Waals surface area contributed by atoms with Crippen LogP contribution in [0.2, 0.25) is 0 Å². The fourth-order valence-corrected chi connectivity index (χ4v) is 3.75. The van der Waals surface area contributed by atoms with E-state index in [2.05, 4.69) is 12.2 Å². The monoisotopic (exact) mass is 415 g/mol. The number of hydrogen-bond donors (Lipinski definition) is 1. The second kappa shape index (κ2) is 8.39. The normalized spacial score (nSPS) is 12.7. The van der Waals surface area contributed by atoms with E-state index in [-0.39, 0.29) is 17.5 Å². The molecule has 31 heavy (non-hydrogen) atoms. The van der Waals surface area contributed by atoms with Crippen molar-refractivity contribution in [3.05, 3.63) is 81.9 Å². The summed E-state index contributed by atoms with van der Waals surface area (Å²) in [7, 11) is 0. The number of carbonyl (C=O) groups excluding carboxylic acids is 2.